The van der Waals surface area contributed by atoms with Crippen molar-refractivity contribution in [3.63, 3.8) is 0 Å². The lowest BCUT2D eigenvalue weighted by atomic mass is 10.3. The molecular weight excluding hydrogens is 242 g/mol. The van der Waals surface area contributed by atoms with E-state index in [1.807, 2.05) is 22.7 Å². The van der Waals surface area contributed by atoms with E-state index in [-0.39, 0.29) is 0 Å². The predicted molar refractivity (Wildman–Crippen MR) is 71.3 cm³/mol. The van der Waals surface area contributed by atoms with Gasteiger partial charge < -0.3 is 9.14 Å². The van der Waals surface area contributed by atoms with Crippen molar-refractivity contribution in [3.8, 4) is 5.75 Å². The van der Waals surface area contributed by atoms with Crippen LogP contribution < -0.4 is 10.1 Å². The van der Waals surface area contributed by atoms with Gasteiger partial charge in [0, 0.05) is 18.6 Å². The monoisotopic (exact) mass is 253 g/mol. The van der Waals surface area contributed by atoms with Gasteiger partial charge in [-0.05, 0) is 24.3 Å². The molecule has 0 aliphatic carbocycles. The SMILES string of the molecule is O=C(Nc1ccc2nccn2c1)Oc1ccccc1. The van der Waals surface area contributed by atoms with Crippen molar-refractivity contribution in [3.05, 3.63) is 61.1 Å². The van der Waals surface area contributed by atoms with Crippen molar-refractivity contribution >= 4 is 17.4 Å². The van der Waals surface area contributed by atoms with Crippen molar-refractivity contribution in [2.45, 2.75) is 0 Å². The zero-order valence-corrected chi connectivity index (χ0v) is 9.98. The van der Waals surface area contributed by atoms with Crippen LogP contribution in [0.3, 0.4) is 0 Å². The molecule has 0 unspecified atom stereocenters. The number of para-hydroxylation sites is 1. The van der Waals surface area contributed by atoms with Gasteiger partial charge in [-0.1, -0.05) is 18.2 Å². The van der Waals surface area contributed by atoms with Gasteiger partial charge in [-0.25, -0.2) is 9.78 Å². The summed E-state index contributed by atoms with van der Waals surface area (Å²) in [5, 5.41) is 2.66. The number of hydrogen-bond acceptors (Lipinski definition) is 3. The quantitative estimate of drug-likeness (QED) is 0.764. The molecule has 1 N–H and O–H groups in total. The van der Waals surface area contributed by atoms with Gasteiger partial charge in [-0.15, -0.1) is 0 Å². The maximum absolute atomic E-state index is 11.7. The van der Waals surface area contributed by atoms with Gasteiger partial charge in [0.2, 0.25) is 0 Å². The van der Waals surface area contributed by atoms with Crippen LogP contribution in [0.4, 0.5) is 10.5 Å². The number of amides is 1. The van der Waals surface area contributed by atoms with Crippen LogP contribution in [0.2, 0.25) is 0 Å². The minimum atomic E-state index is -0.523. The summed E-state index contributed by atoms with van der Waals surface area (Å²) in [6, 6.07) is 12.5. The fraction of sp³-hybridized carbons (Fsp3) is 0. The zero-order valence-electron chi connectivity index (χ0n) is 9.98. The molecule has 19 heavy (non-hydrogen) atoms. The number of imidazole rings is 1. The van der Waals surface area contributed by atoms with E-state index in [0.717, 1.165) is 5.65 Å². The second kappa shape index (κ2) is 4.81. The van der Waals surface area contributed by atoms with Gasteiger partial charge in [0.15, 0.2) is 0 Å². The number of fused-ring (bicyclic) bond motifs is 1. The fourth-order valence-electron chi connectivity index (χ4n) is 1.73. The topological polar surface area (TPSA) is 55.6 Å². The first-order valence-corrected chi connectivity index (χ1v) is 5.78. The number of aromatic nitrogens is 2. The summed E-state index contributed by atoms with van der Waals surface area (Å²) in [7, 11) is 0. The van der Waals surface area contributed by atoms with Crippen molar-refractivity contribution in [2.75, 3.05) is 5.32 Å². The number of ether oxygens (including phenoxy) is 1. The number of hydrogen-bond donors (Lipinski definition) is 1. The lowest BCUT2D eigenvalue weighted by Gasteiger charge is -2.06. The molecule has 1 aromatic carbocycles. The molecule has 0 bridgehead atoms. The lowest BCUT2D eigenvalue weighted by molar-refractivity contribution is 0.215. The van der Waals surface area contributed by atoms with E-state index >= 15 is 0 Å². The Morgan fingerprint density at radius 3 is 2.84 bits per heavy atom. The molecule has 94 valence electrons. The highest BCUT2D eigenvalue weighted by Gasteiger charge is 2.05. The third-order valence-electron chi connectivity index (χ3n) is 2.59. The van der Waals surface area contributed by atoms with Gasteiger partial charge in [-0.3, -0.25) is 5.32 Å². The molecule has 0 aliphatic rings. The summed E-state index contributed by atoms with van der Waals surface area (Å²) in [6.07, 6.45) is 4.75. The molecule has 2 aromatic heterocycles. The number of rotatable bonds is 2. The molecule has 5 heteroatoms. The molecule has 0 aliphatic heterocycles. The highest BCUT2D eigenvalue weighted by molar-refractivity contribution is 5.86. The third kappa shape index (κ3) is 2.55. The van der Waals surface area contributed by atoms with Crippen LogP contribution in [-0.2, 0) is 0 Å². The molecule has 5 nitrogen and oxygen atoms in total. The molecule has 0 fully saturated rings. The van der Waals surface area contributed by atoms with Crippen LogP contribution in [0, 0.1) is 0 Å². The largest absolute Gasteiger partial charge is 0.417 e. The Morgan fingerprint density at radius 2 is 2.00 bits per heavy atom. The van der Waals surface area contributed by atoms with Crippen molar-refractivity contribution in [2.24, 2.45) is 0 Å². The first-order chi connectivity index (χ1) is 9.31. The van der Waals surface area contributed by atoms with Crippen LogP contribution in [0.1, 0.15) is 0 Å². The molecule has 2 heterocycles. The Bertz CT molecular complexity index is 707. The average molecular weight is 253 g/mol. The number of pyridine rings is 1. The minimum Gasteiger partial charge on any atom is -0.410 e. The number of nitrogens with one attached hydrogen (secondary N) is 1. The smallest absolute Gasteiger partial charge is 0.410 e. The Morgan fingerprint density at radius 1 is 1.16 bits per heavy atom. The molecule has 1 amide bonds. The predicted octanol–water partition coefficient (Wildman–Crippen LogP) is 2.95. The summed E-state index contributed by atoms with van der Waals surface area (Å²) in [5.41, 5.74) is 1.47. The van der Waals surface area contributed by atoms with Crippen LogP contribution in [-0.4, -0.2) is 15.5 Å². The van der Waals surface area contributed by atoms with E-state index in [0.29, 0.717) is 11.4 Å². The minimum absolute atomic E-state index is 0.503. The van der Waals surface area contributed by atoms with E-state index in [9.17, 15) is 4.79 Å². The Hall–Kier alpha value is -2.82. The first-order valence-electron chi connectivity index (χ1n) is 5.78. The van der Waals surface area contributed by atoms with Crippen LogP contribution >= 0.6 is 0 Å². The summed E-state index contributed by atoms with van der Waals surface area (Å²) >= 11 is 0. The summed E-state index contributed by atoms with van der Waals surface area (Å²) in [4.78, 5) is 15.8. The van der Waals surface area contributed by atoms with E-state index in [1.54, 1.807) is 42.7 Å². The molecular formula is C14H11N3O2. The van der Waals surface area contributed by atoms with Gasteiger partial charge in [0.05, 0.1) is 5.69 Å². The number of benzene rings is 1. The summed E-state index contributed by atoms with van der Waals surface area (Å²) < 4.78 is 6.95. The second-order valence-electron chi connectivity index (χ2n) is 3.94. The van der Waals surface area contributed by atoms with Crippen molar-refractivity contribution in [1.29, 1.82) is 0 Å². The van der Waals surface area contributed by atoms with Gasteiger partial charge >= 0.3 is 6.09 Å². The van der Waals surface area contributed by atoms with Gasteiger partial charge in [0.1, 0.15) is 11.4 Å². The van der Waals surface area contributed by atoms with E-state index < -0.39 is 6.09 Å². The molecule has 0 saturated heterocycles. The van der Waals surface area contributed by atoms with E-state index in [4.69, 9.17) is 4.74 Å². The Balaban J connectivity index is 1.72. The Labute approximate surface area is 109 Å². The molecule has 0 atom stereocenters. The summed E-state index contributed by atoms with van der Waals surface area (Å²) in [6.45, 7) is 0. The fourth-order valence-corrected chi connectivity index (χ4v) is 1.73. The highest BCUT2D eigenvalue weighted by Crippen LogP contribution is 2.12. The standard InChI is InChI=1S/C14H11N3O2/c18-14(19-12-4-2-1-3-5-12)16-11-6-7-13-15-8-9-17(13)10-11/h1-10H,(H,16,18). The number of carbonyl (C=O) groups excluding carboxylic acids is 1. The molecule has 3 rings (SSSR count). The van der Waals surface area contributed by atoms with Gasteiger partial charge in [-0.2, -0.15) is 0 Å². The Kier molecular flexibility index (Phi) is 2.86. The third-order valence-corrected chi connectivity index (χ3v) is 2.59. The average Bonchev–Trinajstić information content (AvgIpc) is 2.87. The van der Waals surface area contributed by atoms with Crippen molar-refractivity contribution < 1.29 is 9.53 Å². The van der Waals surface area contributed by atoms with E-state index in [1.165, 1.54) is 0 Å². The molecule has 0 spiro atoms. The zero-order chi connectivity index (χ0) is 13.1. The lowest BCUT2D eigenvalue weighted by Crippen LogP contribution is -2.16. The normalized spacial score (nSPS) is 10.3. The van der Waals surface area contributed by atoms with Crippen LogP contribution in [0.5, 0.6) is 5.75 Å². The summed E-state index contributed by atoms with van der Waals surface area (Å²) in [5.74, 6) is 0.503. The van der Waals surface area contributed by atoms with Crippen LogP contribution in [0.25, 0.3) is 5.65 Å². The molecule has 0 radical (unpaired) electrons. The number of anilines is 1. The molecule has 3 aromatic rings. The second-order valence-corrected chi connectivity index (χ2v) is 3.94. The van der Waals surface area contributed by atoms with Gasteiger partial charge in [0.25, 0.3) is 0 Å². The number of nitrogens with zero attached hydrogens (tertiary/aromatic N) is 2. The number of carbonyl (C=O) groups is 1. The maximum atomic E-state index is 11.7. The molecule has 0 saturated carbocycles. The van der Waals surface area contributed by atoms with E-state index in [2.05, 4.69) is 10.3 Å². The van der Waals surface area contributed by atoms with Crippen molar-refractivity contribution in [1.82, 2.24) is 9.38 Å². The first kappa shape index (κ1) is 11.3. The maximum Gasteiger partial charge on any atom is 0.417 e. The van der Waals surface area contributed by atoms with Crippen LogP contribution in [0.15, 0.2) is 61.1 Å². The highest BCUT2D eigenvalue weighted by atomic mass is 16.6.